The van der Waals surface area contributed by atoms with Gasteiger partial charge in [0.15, 0.2) is 5.65 Å². The molecule has 1 aromatic carbocycles. The monoisotopic (exact) mass is 432 g/mol. The van der Waals surface area contributed by atoms with Crippen LogP contribution in [0.25, 0.3) is 11.2 Å². The maximum absolute atomic E-state index is 12.9. The third-order valence-corrected chi connectivity index (χ3v) is 6.16. The molecule has 0 aliphatic carbocycles. The number of nitrogens with zero attached hydrogens (tertiary/aromatic N) is 5. The zero-order valence-corrected chi connectivity index (χ0v) is 16.7. The highest BCUT2D eigenvalue weighted by molar-refractivity contribution is 7.89. The molecule has 11 heteroatoms. The van der Waals surface area contributed by atoms with Crippen LogP contribution in [0.3, 0.4) is 0 Å². The number of halogens is 2. The van der Waals surface area contributed by atoms with Gasteiger partial charge in [-0.25, -0.2) is 27.8 Å². The molecule has 0 aliphatic rings. The van der Waals surface area contributed by atoms with E-state index in [9.17, 15) is 17.2 Å². The van der Waals surface area contributed by atoms with E-state index >= 15 is 0 Å². The lowest BCUT2D eigenvalue weighted by Gasteiger charge is -2.10. The first-order chi connectivity index (χ1) is 14.4. The quantitative estimate of drug-likeness (QED) is 0.485. The average Bonchev–Trinajstić information content (AvgIpc) is 3.29. The van der Waals surface area contributed by atoms with Crippen molar-refractivity contribution in [3.05, 3.63) is 71.9 Å². The summed E-state index contributed by atoms with van der Waals surface area (Å²) in [4.78, 5) is 8.56. The predicted molar refractivity (Wildman–Crippen MR) is 105 cm³/mol. The lowest BCUT2D eigenvalue weighted by atomic mass is 10.2. The molecule has 1 N–H and O–H groups in total. The summed E-state index contributed by atoms with van der Waals surface area (Å²) in [5.74, 6) is 0.454. The highest BCUT2D eigenvalue weighted by Crippen LogP contribution is 2.21. The SMILES string of the molecule is Cc1c(S(=O)(=O)NCc2nc3cccnc3n2Cc2ccccc2)cnn1C(F)F. The lowest BCUT2D eigenvalue weighted by Crippen LogP contribution is -2.25. The van der Waals surface area contributed by atoms with Gasteiger partial charge in [0.25, 0.3) is 0 Å². The van der Waals surface area contributed by atoms with E-state index in [2.05, 4.69) is 19.8 Å². The summed E-state index contributed by atoms with van der Waals surface area (Å²) in [5, 5.41) is 3.46. The largest absolute Gasteiger partial charge is 0.333 e. The molecule has 3 aromatic heterocycles. The van der Waals surface area contributed by atoms with Crippen LogP contribution in [0.1, 0.15) is 23.6 Å². The number of hydrogen-bond acceptors (Lipinski definition) is 5. The molecule has 156 valence electrons. The second-order valence-corrected chi connectivity index (χ2v) is 8.32. The molecule has 4 rings (SSSR count). The number of rotatable bonds is 7. The van der Waals surface area contributed by atoms with Crippen molar-refractivity contribution in [3.63, 3.8) is 0 Å². The summed E-state index contributed by atoms with van der Waals surface area (Å²) < 4.78 is 55.8. The van der Waals surface area contributed by atoms with Gasteiger partial charge < -0.3 is 4.57 Å². The minimum absolute atomic E-state index is 0.134. The summed E-state index contributed by atoms with van der Waals surface area (Å²) in [5.41, 5.74) is 2.11. The summed E-state index contributed by atoms with van der Waals surface area (Å²) in [6.45, 7) is -1.32. The molecular weight excluding hydrogens is 414 g/mol. The molecular formula is C19H18F2N6O2S. The van der Waals surface area contributed by atoms with E-state index in [0.717, 1.165) is 11.8 Å². The van der Waals surface area contributed by atoms with Gasteiger partial charge >= 0.3 is 6.55 Å². The van der Waals surface area contributed by atoms with Crippen LogP contribution < -0.4 is 4.72 Å². The van der Waals surface area contributed by atoms with E-state index in [0.29, 0.717) is 28.2 Å². The Morgan fingerprint density at radius 2 is 1.90 bits per heavy atom. The van der Waals surface area contributed by atoms with Crippen LogP contribution in [0, 0.1) is 6.92 Å². The Balaban J connectivity index is 1.65. The molecule has 0 atom stereocenters. The van der Waals surface area contributed by atoms with Crippen molar-refractivity contribution in [1.82, 2.24) is 29.0 Å². The van der Waals surface area contributed by atoms with E-state index in [4.69, 9.17) is 0 Å². The number of pyridine rings is 1. The molecule has 0 unspecified atom stereocenters. The minimum Gasteiger partial charge on any atom is -0.307 e. The molecule has 0 radical (unpaired) electrons. The van der Waals surface area contributed by atoms with Crippen LogP contribution in [0.2, 0.25) is 0 Å². The minimum atomic E-state index is -4.07. The Kier molecular flexibility index (Phi) is 5.31. The molecule has 0 amide bonds. The molecule has 0 saturated heterocycles. The number of sulfonamides is 1. The zero-order chi connectivity index (χ0) is 21.3. The molecule has 4 aromatic rings. The molecule has 3 heterocycles. The topological polar surface area (TPSA) is 94.7 Å². The van der Waals surface area contributed by atoms with Gasteiger partial charge in [-0.2, -0.15) is 13.9 Å². The molecule has 30 heavy (non-hydrogen) atoms. The second-order valence-electron chi connectivity index (χ2n) is 6.59. The smallest absolute Gasteiger partial charge is 0.307 e. The third kappa shape index (κ3) is 3.81. The van der Waals surface area contributed by atoms with Crippen molar-refractivity contribution >= 4 is 21.2 Å². The first-order valence-electron chi connectivity index (χ1n) is 9.03. The van der Waals surface area contributed by atoms with Gasteiger partial charge in [-0.3, -0.25) is 0 Å². The van der Waals surface area contributed by atoms with Crippen molar-refractivity contribution in [2.45, 2.75) is 31.5 Å². The first-order valence-corrected chi connectivity index (χ1v) is 10.5. The van der Waals surface area contributed by atoms with Gasteiger partial charge in [0.05, 0.1) is 25.0 Å². The Labute approximate surface area is 171 Å². The molecule has 0 saturated carbocycles. The molecule has 0 aliphatic heterocycles. The first kappa shape index (κ1) is 20.1. The van der Waals surface area contributed by atoms with Gasteiger partial charge in [0.1, 0.15) is 16.2 Å². The fraction of sp³-hybridized carbons (Fsp3) is 0.211. The van der Waals surface area contributed by atoms with Crippen LogP contribution in [-0.2, 0) is 23.1 Å². The van der Waals surface area contributed by atoms with Crippen LogP contribution in [0.5, 0.6) is 0 Å². The summed E-state index contributed by atoms with van der Waals surface area (Å²) in [6.07, 6.45) is 2.56. The van der Waals surface area contributed by atoms with E-state index in [1.54, 1.807) is 18.3 Å². The number of alkyl halides is 2. The predicted octanol–water partition coefficient (Wildman–Crippen LogP) is 2.86. The van der Waals surface area contributed by atoms with Crippen LogP contribution >= 0.6 is 0 Å². The van der Waals surface area contributed by atoms with Crippen LogP contribution in [0.4, 0.5) is 8.78 Å². The number of hydrogen-bond donors (Lipinski definition) is 1. The van der Waals surface area contributed by atoms with Gasteiger partial charge in [0.2, 0.25) is 10.0 Å². The number of benzene rings is 1. The fourth-order valence-electron chi connectivity index (χ4n) is 3.18. The van der Waals surface area contributed by atoms with E-state index in [1.807, 2.05) is 34.9 Å². The Morgan fingerprint density at radius 3 is 2.60 bits per heavy atom. The summed E-state index contributed by atoms with van der Waals surface area (Å²) >= 11 is 0. The van der Waals surface area contributed by atoms with E-state index < -0.39 is 16.6 Å². The van der Waals surface area contributed by atoms with Crippen molar-refractivity contribution in [1.29, 1.82) is 0 Å². The van der Waals surface area contributed by atoms with Crippen LogP contribution in [0.15, 0.2) is 59.8 Å². The van der Waals surface area contributed by atoms with Gasteiger partial charge in [-0.05, 0) is 24.6 Å². The van der Waals surface area contributed by atoms with Crippen LogP contribution in [-0.4, -0.2) is 32.7 Å². The fourth-order valence-corrected chi connectivity index (χ4v) is 4.32. The van der Waals surface area contributed by atoms with Crippen molar-refractivity contribution in [2.75, 3.05) is 0 Å². The van der Waals surface area contributed by atoms with E-state index in [1.165, 1.54) is 6.92 Å². The highest BCUT2D eigenvalue weighted by Gasteiger charge is 2.24. The highest BCUT2D eigenvalue weighted by atomic mass is 32.2. The summed E-state index contributed by atoms with van der Waals surface area (Å²) in [7, 11) is -4.07. The maximum Gasteiger partial charge on any atom is 0.333 e. The third-order valence-electron chi connectivity index (χ3n) is 4.66. The normalized spacial score (nSPS) is 12.1. The zero-order valence-electron chi connectivity index (χ0n) is 15.9. The number of imidazole rings is 1. The molecule has 8 nitrogen and oxygen atoms in total. The lowest BCUT2D eigenvalue weighted by molar-refractivity contribution is 0.0541. The maximum atomic E-state index is 12.9. The number of nitrogens with one attached hydrogen (secondary N) is 1. The van der Waals surface area contributed by atoms with Crippen molar-refractivity contribution in [2.24, 2.45) is 0 Å². The molecule has 0 fully saturated rings. The number of fused-ring (bicyclic) bond motifs is 1. The standard InChI is InChI=1S/C19H18F2N6O2S/c1-13-16(10-23-27(13)19(20)21)30(28,29)24-11-17-25-15-8-5-9-22-18(15)26(17)12-14-6-3-2-4-7-14/h2-10,19,24H,11-12H2,1H3. The van der Waals surface area contributed by atoms with Gasteiger partial charge in [-0.1, -0.05) is 30.3 Å². The van der Waals surface area contributed by atoms with E-state index in [-0.39, 0.29) is 17.1 Å². The average molecular weight is 432 g/mol. The van der Waals surface area contributed by atoms with Crippen molar-refractivity contribution < 1.29 is 17.2 Å². The van der Waals surface area contributed by atoms with Gasteiger partial charge in [0, 0.05) is 6.20 Å². The van der Waals surface area contributed by atoms with Crippen molar-refractivity contribution in [3.8, 4) is 0 Å². The molecule has 0 spiro atoms. The second kappa shape index (κ2) is 7.92. The Morgan fingerprint density at radius 1 is 1.13 bits per heavy atom. The van der Waals surface area contributed by atoms with Gasteiger partial charge in [-0.15, -0.1) is 0 Å². The number of aromatic nitrogens is 5. The Hall–Kier alpha value is -3.18. The summed E-state index contributed by atoms with van der Waals surface area (Å²) in [6, 6.07) is 13.2. The molecule has 0 bridgehead atoms. The Bertz CT molecular complexity index is 1290.